The van der Waals surface area contributed by atoms with Crippen LogP contribution in [0.5, 0.6) is 0 Å². The summed E-state index contributed by atoms with van der Waals surface area (Å²) in [4.78, 5) is 6.85. The number of nitrogens with two attached hydrogens (primary N) is 1. The van der Waals surface area contributed by atoms with Gasteiger partial charge in [-0.1, -0.05) is 12.2 Å². The Morgan fingerprint density at radius 3 is 2.88 bits per heavy atom. The van der Waals surface area contributed by atoms with Crippen molar-refractivity contribution in [1.29, 1.82) is 0 Å². The Hall–Kier alpha value is -0.980. The van der Waals surface area contributed by atoms with Gasteiger partial charge in [-0.25, -0.2) is 4.98 Å². The molecular formula is C10H16N4OS. The highest BCUT2D eigenvalue weighted by molar-refractivity contribution is 7.80. The van der Waals surface area contributed by atoms with E-state index in [0.29, 0.717) is 10.8 Å². The first-order chi connectivity index (χ1) is 7.77. The van der Waals surface area contributed by atoms with Crippen molar-refractivity contribution >= 4 is 17.2 Å². The zero-order chi connectivity index (χ0) is 11.4. The van der Waals surface area contributed by atoms with E-state index in [1.807, 2.05) is 10.8 Å². The summed E-state index contributed by atoms with van der Waals surface area (Å²) in [6.45, 7) is 5.49. The number of hydrogen-bond donors (Lipinski definition) is 1. The summed E-state index contributed by atoms with van der Waals surface area (Å²) in [5.41, 5.74) is 5.58. The maximum atomic E-state index is 5.58. The fourth-order valence-corrected chi connectivity index (χ4v) is 1.96. The van der Waals surface area contributed by atoms with Gasteiger partial charge < -0.3 is 15.0 Å². The third-order valence-corrected chi connectivity index (χ3v) is 2.88. The monoisotopic (exact) mass is 240 g/mol. The number of imidazole rings is 1. The van der Waals surface area contributed by atoms with Gasteiger partial charge in [-0.2, -0.15) is 0 Å². The summed E-state index contributed by atoms with van der Waals surface area (Å²) in [5, 5.41) is 0. The minimum Gasteiger partial charge on any atom is -0.387 e. The number of aromatic nitrogens is 2. The van der Waals surface area contributed by atoms with Gasteiger partial charge in [-0.05, 0) is 0 Å². The highest BCUT2D eigenvalue weighted by Crippen LogP contribution is 2.01. The first-order valence-corrected chi connectivity index (χ1v) is 5.79. The lowest BCUT2D eigenvalue weighted by Gasteiger charge is -2.26. The lowest BCUT2D eigenvalue weighted by Crippen LogP contribution is -2.38. The third-order valence-electron chi connectivity index (χ3n) is 2.70. The number of hydrogen-bond acceptors (Lipinski definition) is 4. The summed E-state index contributed by atoms with van der Waals surface area (Å²) in [5.74, 6) is 0.697. The minimum absolute atomic E-state index is 0.354. The van der Waals surface area contributed by atoms with E-state index < -0.39 is 0 Å². The van der Waals surface area contributed by atoms with Crippen LogP contribution in [0.2, 0.25) is 0 Å². The van der Waals surface area contributed by atoms with E-state index in [1.54, 1.807) is 6.20 Å². The summed E-state index contributed by atoms with van der Waals surface area (Å²) in [6, 6.07) is 0. The Morgan fingerprint density at radius 1 is 1.44 bits per heavy atom. The number of nitrogens with zero attached hydrogens (tertiary/aromatic N) is 3. The second-order valence-corrected chi connectivity index (χ2v) is 4.20. The smallest absolute Gasteiger partial charge is 0.167 e. The van der Waals surface area contributed by atoms with Gasteiger partial charge in [0.05, 0.1) is 13.2 Å². The second-order valence-electron chi connectivity index (χ2n) is 3.76. The van der Waals surface area contributed by atoms with Crippen molar-refractivity contribution in [3.8, 4) is 0 Å². The van der Waals surface area contributed by atoms with E-state index in [9.17, 15) is 0 Å². The summed E-state index contributed by atoms with van der Waals surface area (Å²) < 4.78 is 7.29. The predicted octanol–water partition coefficient (Wildman–Crippen LogP) is -0.151. The standard InChI is InChI=1S/C10H16N4OS/c11-9(16)10-12-1-2-14(10)4-3-13-5-7-15-8-6-13/h1-2H,3-8H2,(H2,11,16). The molecule has 1 aromatic heterocycles. The van der Waals surface area contributed by atoms with Gasteiger partial charge >= 0.3 is 0 Å². The predicted molar refractivity (Wildman–Crippen MR) is 65.4 cm³/mol. The van der Waals surface area contributed by atoms with Crippen LogP contribution in [0.15, 0.2) is 12.4 Å². The van der Waals surface area contributed by atoms with E-state index in [1.165, 1.54) is 0 Å². The largest absolute Gasteiger partial charge is 0.387 e. The number of rotatable bonds is 4. The maximum absolute atomic E-state index is 5.58. The molecule has 16 heavy (non-hydrogen) atoms. The molecule has 1 aromatic rings. The molecule has 0 bridgehead atoms. The van der Waals surface area contributed by atoms with Gasteiger partial charge in [-0.15, -0.1) is 0 Å². The number of ether oxygens (including phenoxy) is 1. The Morgan fingerprint density at radius 2 is 2.19 bits per heavy atom. The molecule has 2 heterocycles. The molecule has 0 unspecified atom stereocenters. The SMILES string of the molecule is NC(=S)c1nccn1CCN1CCOCC1. The molecule has 0 aromatic carbocycles. The number of thiocarbonyl (C=S) groups is 1. The lowest BCUT2D eigenvalue weighted by molar-refractivity contribution is 0.0364. The van der Waals surface area contributed by atoms with Gasteiger partial charge in [-0.3, -0.25) is 4.90 Å². The molecule has 2 rings (SSSR count). The summed E-state index contributed by atoms with van der Waals surface area (Å²) >= 11 is 4.93. The highest BCUT2D eigenvalue weighted by Gasteiger charge is 2.11. The molecule has 1 saturated heterocycles. The van der Waals surface area contributed by atoms with E-state index in [2.05, 4.69) is 9.88 Å². The molecule has 0 aliphatic carbocycles. The van der Waals surface area contributed by atoms with E-state index in [0.717, 1.165) is 39.4 Å². The maximum Gasteiger partial charge on any atom is 0.167 e. The molecule has 0 amide bonds. The molecular weight excluding hydrogens is 224 g/mol. The Bertz CT molecular complexity index is 359. The molecule has 5 nitrogen and oxygen atoms in total. The number of morpholine rings is 1. The molecule has 0 atom stereocenters. The summed E-state index contributed by atoms with van der Waals surface area (Å²) in [6.07, 6.45) is 3.64. The van der Waals surface area contributed by atoms with Crippen molar-refractivity contribution in [1.82, 2.24) is 14.5 Å². The van der Waals surface area contributed by atoms with E-state index in [4.69, 9.17) is 22.7 Å². The van der Waals surface area contributed by atoms with Crippen LogP contribution in [-0.4, -0.2) is 52.3 Å². The van der Waals surface area contributed by atoms with Gasteiger partial charge in [0.15, 0.2) is 5.82 Å². The Balaban J connectivity index is 1.88. The molecule has 0 spiro atoms. The van der Waals surface area contributed by atoms with Crippen LogP contribution in [0.25, 0.3) is 0 Å². The molecule has 6 heteroatoms. The molecule has 1 aliphatic heterocycles. The van der Waals surface area contributed by atoms with Crippen LogP contribution in [-0.2, 0) is 11.3 Å². The Labute approximate surface area is 100 Å². The minimum atomic E-state index is 0.354. The molecule has 2 N–H and O–H groups in total. The first kappa shape index (κ1) is 11.5. The second kappa shape index (κ2) is 5.38. The highest BCUT2D eigenvalue weighted by atomic mass is 32.1. The quantitative estimate of drug-likeness (QED) is 0.742. The van der Waals surface area contributed by atoms with E-state index >= 15 is 0 Å². The molecule has 1 aliphatic rings. The van der Waals surface area contributed by atoms with Crippen LogP contribution < -0.4 is 5.73 Å². The van der Waals surface area contributed by atoms with Crippen LogP contribution in [0.1, 0.15) is 5.82 Å². The normalized spacial score (nSPS) is 17.5. The van der Waals surface area contributed by atoms with Crippen LogP contribution in [0.3, 0.4) is 0 Å². The van der Waals surface area contributed by atoms with Crippen LogP contribution in [0, 0.1) is 0 Å². The van der Waals surface area contributed by atoms with Crippen molar-refractivity contribution in [2.45, 2.75) is 6.54 Å². The fraction of sp³-hybridized carbons (Fsp3) is 0.600. The van der Waals surface area contributed by atoms with Crippen LogP contribution in [0.4, 0.5) is 0 Å². The first-order valence-electron chi connectivity index (χ1n) is 5.38. The zero-order valence-corrected chi connectivity index (χ0v) is 9.95. The van der Waals surface area contributed by atoms with E-state index in [-0.39, 0.29) is 0 Å². The average Bonchev–Trinajstić information content (AvgIpc) is 2.76. The van der Waals surface area contributed by atoms with Crippen molar-refractivity contribution in [2.24, 2.45) is 5.73 Å². The van der Waals surface area contributed by atoms with Crippen molar-refractivity contribution in [2.75, 3.05) is 32.8 Å². The summed E-state index contributed by atoms with van der Waals surface area (Å²) in [7, 11) is 0. The fourth-order valence-electron chi connectivity index (χ4n) is 1.79. The molecule has 1 fully saturated rings. The van der Waals surface area contributed by atoms with Crippen molar-refractivity contribution < 1.29 is 4.74 Å². The average molecular weight is 240 g/mol. The third kappa shape index (κ3) is 2.78. The van der Waals surface area contributed by atoms with Gasteiger partial charge in [0.1, 0.15) is 4.99 Å². The topological polar surface area (TPSA) is 56.3 Å². The van der Waals surface area contributed by atoms with Gasteiger partial charge in [0, 0.05) is 38.6 Å². The van der Waals surface area contributed by atoms with Crippen molar-refractivity contribution in [3.63, 3.8) is 0 Å². The molecule has 0 saturated carbocycles. The van der Waals surface area contributed by atoms with Crippen LogP contribution >= 0.6 is 12.2 Å². The Kier molecular flexibility index (Phi) is 3.87. The van der Waals surface area contributed by atoms with Crippen molar-refractivity contribution in [3.05, 3.63) is 18.2 Å². The molecule has 88 valence electrons. The van der Waals surface area contributed by atoms with Gasteiger partial charge in [0.2, 0.25) is 0 Å². The van der Waals surface area contributed by atoms with Gasteiger partial charge in [0.25, 0.3) is 0 Å². The zero-order valence-electron chi connectivity index (χ0n) is 9.13. The molecule has 0 radical (unpaired) electrons. The lowest BCUT2D eigenvalue weighted by atomic mass is 10.4.